The number of aryl methyl sites for hydroxylation is 1. The molecule has 0 radical (unpaired) electrons. The van der Waals surface area contributed by atoms with Gasteiger partial charge in [-0.05, 0) is 44.0 Å². The molecule has 0 fully saturated rings. The molecular weight excluding hydrogens is 396 g/mol. The van der Waals surface area contributed by atoms with Gasteiger partial charge in [0.1, 0.15) is 0 Å². The second-order valence-electron chi connectivity index (χ2n) is 7.97. The monoisotopic (exact) mass is 418 g/mol. The van der Waals surface area contributed by atoms with Gasteiger partial charge in [-0.1, -0.05) is 35.5 Å². The van der Waals surface area contributed by atoms with Gasteiger partial charge >= 0.3 is 0 Å². The number of hydrogen-bond donors (Lipinski definition) is 1. The third-order valence-electron chi connectivity index (χ3n) is 5.21. The average Bonchev–Trinajstić information content (AvgIpc) is 3.29. The summed E-state index contributed by atoms with van der Waals surface area (Å²) >= 11 is 0. The first-order valence-corrected chi connectivity index (χ1v) is 9.94. The summed E-state index contributed by atoms with van der Waals surface area (Å²) in [6.45, 7) is 5.45. The fourth-order valence-electron chi connectivity index (χ4n) is 3.49. The molecule has 8 heteroatoms. The number of hydrogen-bond acceptors (Lipinski definition) is 6. The zero-order valence-corrected chi connectivity index (χ0v) is 17.5. The molecule has 0 saturated carbocycles. The van der Waals surface area contributed by atoms with Crippen LogP contribution < -0.4 is 5.32 Å². The maximum absolute atomic E-state index is 12.9. The van der Waals surface area contributed by atoms with Crippen LogP contribution in [-0.4, -0.2) is 39.3 Å². The van der Waals surface area contributed by atoms with E-state index in [1.165, 1.54) is 23.1 Å². The zero-order chi connectivity index (χ0) is 22.2. The standard InChI is InChI=1S/C23H22N4O4/c1-14-24-22(26-31-14)23(2,3)25-19(28)16-9-10-17-18(13-16)21(30)27(20(17)29)12-11-15-7-5-4-6-8-15/h4-10,13H,11-12H2,1-3H3,(H,25,28). The topological polar surface area (TPSA) is 105 Å². The highest BCUT2D eigenvalue weighted by Crippen LogP contribution is 2.25. The van der Waals surface area contributed by atoms with E-state index >= 15 is 0 Å². The summed E-state index contributed by atoms with van der Waals surface area (Å²) in [6, 6.07) is 14.2. The van der Waals surface area contributed by atoms with E-state index in [9.17, 15) is 14.4 Å². The number of rotatable bonds is 6. The van der Waals surface area contributed by atoms with E-state index in [1.807, 2.05) is 30.3 Å². The molecule has 158 valence electrons. The van der Waals surface area contributed by atoms with E-state index in [4.69, 9.17) is 4.52 Å². The molecule has 31 heavy (non-hydrogen) atoms. The molecule has 0 unspecified atom stereocenters. The smallest absolute Gasteiger partial charge is 0.261 e. The van der Waals surface area contributed by atoms with Crippen LogP contribution in [0.4, 0.5) is 0 Å². The van der Waals surface area contributed by atoms with Gasteiger partial charge in [-0.3, -0.25) is 19.3 Å². The number of aromatic nitrogens is 2. The van der Waals surface area contributed by atoms with Crippen LogP contribution >= 0.6 is 0 Å². The van der Waals surface area contributed by atoms with Crippen molar-refractivity contribution < 1.29 is 18.9 Å². The van der Waals surface area contributed by atoms with Gasteiger partial charge in [0, 0.05) is 19.0 Å². The van der Waals surface area contributed by atoms with Crippen molar-refractivity contribution in [3.63, 3.8) is 0 Å². The molecule has 1 aliphatic rings. The summed E-state index contributed by atoms with van der Waals surface area (Å²) in [5.41, 5.74) is 0.979. The Kier molecular flexibility index (Phi) is 5.14. The lowest BCUT2D eigenvalue weighted by molar-refractivity contribution is 0.0656. The van der Waals surface area contributed by atoms with Gasteiger partial charge in [-0.2, -0.15) is 4.98 Å². The SMILES string of the molecule is Cc1nc(C(C)(C)NC(=O)c2ccc3c(c2)C(=O)N(CCc2ccccc2)C3=O)no1. The van der Waals surface area contributed by atoms with Gasteiger partial charge in [-0.25, -0.2) is 0 Å². The maximum Gasteiger partial charge on any atom is 0.261 e. The molecule has 0 saturated heterocycles. The second-order valence-corrected chi connectivity index (χ2v) is 7.97. The first-order valence-electron chi connectivity index (χ1n) is 9.94. The Hall–Kier alpha value is -3.81. The van der Waals surface area contributed by atoms with E-state index in [-0.39, 0.29) is 23.6 Å². The van der Waals surface area contributed by atoms with Crippen LogP contribution in [0.3, 0.4) is 0 Å². The highest BCUT2D eigenvalue weighted by molar-refractivity contribution is 6.22. The van der Waals surface area contributed by atoms with Gasteiger partial charge in [0.05, 0.1) is 16.7 Å². The predicted molar refractivity (Wildman–Crippen MR) is 111 cm³/mol. The van der Waals surface area contributed by atoms with Crippen molar-refractivity contribution in [1.82, 2.24) is 20.4 Å². The van der Waals surface area contributed by atoms with Crippen molar-refractivity contribution in [3.05, 3.63) is 82.5 Å². The van der Waals surface area contributed by atoms with Crippen molar-refractivity contribution in [2.24, 2.45) is 0 Å². The number of nitrogens with zero attached hydrogens (tertiary/aromatic N) is 3. The number of fused-ring (bicyclic) bond motifs is 1. The fourth-order valence-corrected chi connectivity index (χ4v) is 3.49. The van der Waals surface area contributed by atoms with Crippen molar-refractivity contribution >= 4 is 17.7 Å². The van der Waals surface area contributed by atoms with Gasteiger partial charge in [0.25, 0.3) is 17.7 Å². The van der Waals surface area contributed by atoms with Crippen LogP contribution in [-0.2, 0) is 12.0 Å². The predicted octanol–water partition coefficient (Wildman–Crippen LogP) is 2.88. The molecule has 3 aromatic rings. The maximum atomic E-state index is 12.9. The van der Waals surface area contributed by atoms with E-state index in [2.05, 4.69) is 15.5 Å². The van der Waals surface area contributed by atoms with E-state index in [1.54, 1.807) is 20.8 Å². The normalized spacial score (nSPS) is 13.5. The molecule has 4 rings (SSSR count). The molecule has 8 nitrogen and oxygen atoms in total. The molecule has 2 aromatic carbocycles. The molecule has 2 heterocycles. The summed E-state index contributed by atoms with van der Waals surface area (Å²) < 4.78 is 4.99. The Labute approximate surface area is 179 Å². The Balaban J connectivity index is 1.50. The van der Waals surface area contributed by atoms with Crippen LogP contribution in [0.25, 0.3) is 0 Å². The highest BCUT2D eigenvalue weighted by atomic mass is 16.5. The van der Waals surface area contributed by atoms with E-state index in [0.29, 0.717) is 23.7 Å². The van der Waals surface area contributed by atoms with Gasteiger partial charge in [-0.15, -0.1) is 0 Å². The number of nitrogens with one attached hydrogen (secondary N) is 1. The second kappa shape index (κ2) is 7.79. The molecular formula is C23H22N4O4. The van der Waals surface area contributed by atoms with Crippen LogP contribution in [0.2, 0.25) is 0 Å². The van der Waals surface area contributed by atoms with Crippen LogP contribution in [0.15, 0.2) is 53.1 Å². The average molecular weight is 418 g/mol. The number of carbonyl (C=O) groups is 3. The quantitative estimate of drug-likeness (QED) is 0.617. The lowest BCUT2D eigenvalue weighted by Crippen LogP contribution is -2.42. The highest BCUT2D eigenvalue weighted by Gasteiger charge is 2.36. The molecule has 0 atom stereocenters. The van der Waals surface area contributed by atoms with Crippen molar-refractivity contribution in [3.8, 4) is 0 Å². The largest absolute Gasteiger partial charge is 0.340 e. The molecule has 1 N–H and O–H groups in total. The molecule has 0 bridgehead atoms. The van der Waals surface area contributed by atoms with Crippen LogP contribution in [0.1, 0.15) is 62.2 Å². The third kappa shape index (κ3) is 3.96. The van der Waals surface area contributed by atoms with Gasteiger partial charge in [0.15, 0.2) is 5.82 Å². The minimum absolute atomic E-state index is 0.235. The minimum Gasteiger partial charge on any atom is -0.340 e. The van der Waals surface area contributed by atoms with Crippen molar-refractivity contribution in [2.75, 3.05) is 6.54 Å². The number of amides is 3. The molecule has 0 spiro atoms. The van der Waals surface area contributed by atoms with Crippen LogP contribution in [0.5, 0.6) is 0 Å². The lowest BCUT2D eigenvalue weighted by atomic mass is 10.0. The lowest BCUT2D eigenvalue weighted by Gasteiger charge is -2.22. The molecule has 1 aliphatic heterocycles. The minimum atomic E-state index is -0.880. The summed E-state index contributed by atoms with van der Waals surface area (Å²) in [5.74, 6) is -0.394. The number of imide groups is 1. The number of benzene rings is 2. The van der Waals surface area contributed by atoms with Gasteiger partial charge < -0.3 is 9.84 Å². The Bertz CT molecular complexity index is 1170. The Morgan fingerprint density at radius 2 is 1.77 bits per heavy atom. The van der Waals surface area contributed by atoms with E-state index in [0.717, 1.165) is 5.56 Å². The first-order chi connectivity index (χ1) is 14.8. The Morgan fingerprint density at radius 1 is 1.06 bits per heavy atom. The summed E-state index contributed by atoms with van der Waals surface area (Å²) in [4.78, 5) is 43.8. The molecule has 0 aliphatic carbocycles. The summed E-state index contributed by atoms with van der Waals surface area (Å²) in [5, 5.41) is 6.71. The van der Waals surface area contributed by atoms with Crippen molar-refractivity contribution in [1.29, 1.82) is 0 Å². The van der Waals surface area contributed by atoms with E-state index < -0.39 is 17.4 Å². The first kappa shape index (κ1) is 20.5. The fraction of sp³-hybridized carbons (Fsp3) is 0.261. The summed E-state index contributed by atoms with van der Waals surface area (Å²) in [6.07, 6.45) is 0.567. The van der Waals surface area contributed by atoms with Crippen molar-refractivity contribution in [2.45, 2.75) is 32.7 Å². The number of carbonyl (C=O) groups excluding carboxylic acids is 3. The van der Waals surface area contributed by atoms with Gasteiger partial charge in [0.2, 0.25) is 5.89 Å². The van der Waals surface area contributed by atoms with Crippen LogP contribution in [0, 0.1) is 6.92 Å². The zero-order valence-electron chi connectivity index (χ0n) is 17.5. The molecule has 1 aromatic heterocycles. The molecule has 3 amide bonds. The Morgan fingerprint density at radius 3 is 2.45 bits per heavy atom. The summed E-state index contributed by atoms with van der Waals surface area (Å²) in [7, 11) is 0. The third-order valence-corrected chi connectivity index (χ3v) is 5.21.